The summed E-state index contributed by atoms with van der Waals surface area (Å²) < 4.78 is 15.7. The largest absolute Gasteiger partial charge is 0.493 e. The molecule has 0 bridgehead atoms. The predicted molar refractivity (Wildman–Crippen MR) is 106 cm³/mol. The predicted octanol–water partition coefficient (Wildman–Crippen LogP) is 2.51. The van der Waals surface area contributed by atoms with Gasteiger partial charge in [-0.1, -0.05) is 25.1 Å². The van der Waals surface area contributed by atoms with E-state index in [2.05, 4.69) is 17.8 Å². The maximum atomic E-state index is 11.8. The van der Waals surface area contributed by atoms with E-state index in [0.29, 0.717) is 17.2 Å². The molecule has 28 heavy (non-hydrogen) atoms. The van der Waals surface area contributed by atoms with Crippen LogP contribution >= 0.6 is 0 Å². The minimum Gasteiger partial charge on any atom is -0.493 e. The lowest BCUT2D eigenvalue weighted by Gasteiger charge is -2.08. The summed E-state index contributed by atoms with van der Waals surface area (Å²) in [4.78, 5) is 23.6. The molecule has 2 rings (SSSR count). The minimum atomic E-state index is -0.476. The fraction of sp³-hybridized carbons (Fsp3) is 0.238. The average Bonchev–Trinajstić information content (AvgIpc) is 2.74. The molecule has 0 spiro atoms. The van der Waals surface area contributed by atoms with Crippen molar-refractivity contribution in [1.82, 2.24) is 10.9 Å². The van der Waals surface area contributed by atoms with Crippen molar-refractivity contribution in [3.05, 3.63) is 59.7 Å². The molecule has 0 aliphatic rings. The molecule has 7 heteroatoms. The van der Waals surface area contributed by atoms with Crippen LogP contribution in [0.1, 0.15) is 18.1 Å². The van der Waals surface area contributed by atoms with Gasteiger partial charge >= 0.3 is 0 Å². The number of carbonyl (C=O) groups excluding carboxylic acids is 2. The average molecular weight is 384 g/mol. The van der Waals surface area contributed by atoms with E-state index in [-0.39, 0.29) is 6.61 Å². The van der Waals surface area contributed by atoms with Crippen molar-refractivity contribution < 1.29 is 23.8 Å². The molecule has 0 aliphatic heterocycles. The Bertz CT molecular complexity index is 831. The van der Waals surface area contributed by atoms with Crippen molar-refractivity contribution in [1.29, 1.82) is 0 Å². The van der Waals surface area contributed by atoms with Crippen molar-refractivity contribution >= 4 is 17.9 Å². The van der Waals surface area contributed by atoms with E-state index >= 15 is 0 Å². The highest BCUT2D eigenvalue weighted by molar-refractivity contribution is 5.93. The number of methoxy groups -OCH3 is 2. The smallest absolute Gasteiger partial charge is 0.276 e. The number of benzene rings is 2. The van der Waals surface area contributed by atoms with Crippen molar-refractivity contribution in [2.45, 2.75) is 13.3 Å². The zero-order chi connectivity index (χ0) is 20.4. The summed E-state index contributed by atoms with van der Waals surface area (Å²) in [6, 6.07) is 12.7. The molecule has 0 heterocycles. The summed E-state index contributed by atoms with van der Waals surface area (Å²) in [6.07, 6.45) is 3.82. The Morgan fingerprint density at radius 3 is 2.32 bits per heavy atom. The molecule has 148 valence electrons. The Morgan fingerprint density at radius 1 is 0.964 bits per heavy atom. The van der Waals surface area contributed by atoms with Crippen LogP contribution in [0.4, 0.5) is 0 Å². The van der Waals surface area contributed by atoms with E-state index in [0.717, 1.165) is 12.0 Å². The van der Waals surface area contributed by atoms with Crippen LogP contribution in [0.2, 0.25) is 0 Å². The number of rotatable bonds is 8. The fourth-order valence-corrected chi connectivity index (χ4v) is 2.31. The number of hydrogen-bond acceptors (Lipinski definition) is 5. The van der Waals surface area contributed by atoms with Crippen molar-refractivity contribution in [3.8, 4) is 17.2 Å². The molecule has 0 radical (unpaired) electrons. The van der Waals surface area contributed by atoms with Gasteiger partial charge in [0.25, 0.3) is 11.8 Å². The topological polar surface area (TPSA) is 85.9 Å². The lowest BCUT2D eigenvalue weighted by atomic mass is 10.2. The summed E-state index contributed by atoms with van der Waals surface area (Å²) in [5.41, 5.74) is 6.52. The first-order valence-electron chi connectivity index (χ1n) is 8.76. The maximum Gasteiger partial charge on any atom is 0.276 e. The molecule has 0 fully saturated rings. The molecule has 0 aliphatic carbocycles. The lowest BCUT2D eigenvalue weighted by Crippen LogP contribution is -2.43. The number of nitrogens with one attached hydrogen (secondary N) is 2. The van der Waals surface area contributed by atoms with E-state index in [4.69, 9.17) is 14.2 Å². The van der Waals surface area contributed by atoms with E-state index in [1.54, 1.807) is 43.5 Å². The molecule has 2 aromatic rings. The Hall–Kier alpha value is -3.48. The summed E-state index contributed by atoms with van der Waals surface area (Å²) in [5, 5.41) is 0. The van der Waals surface area contributed by atoms with Gasteiger partial charge in [0, 0.05) is 6.08 Å². The Kier molecular flexibility index (Phi) is 7.90. The molecular weight excluding hydrogens is 360 g/mol. The first-order valence-corrected chi connectivity index (χ1v) is 8.76. The van der Waals surface area contributed by atoms with Gasteiger partial charge in [-0.3, -0.25) is 20.4 Å². The monoisotopic (exact) mass is 384 g/mol. The highest BCUT2D eigenvalue weighted by Gasteiger charge is 2.05. The van der Waals surface area contributed by atoms with E-state index < -0.39 is 11.8 Å². The highest BCUT2D eigenvalue weighted by atomic mass is 16.5. The standard InChI is InChI=1S/C21H24N2O5/c1-4-15-5-9-17(10-6-15)28-14-21(25)23-22-20(24)12-8-16-7-11-18(26-2)19(13-16)27-3/h5-13H,4,14H2,1-3H3,(H,22,24)(H,23,25)/b12-8+. The van der Waals surface area contributed by atoms with Gasteiger partial charge < -0.3 is 14.2 Å². The van der Waals surface area contributed by atoms with Gasteiger partial charge in [0.05, 0.1) is 14.2 Å². The second-order valence-corrected chi connectivity index (χ2v) is 5.77. The van der Waals surface area contributed by atoms with Crippen molar-refractivity contribution in [3.63, 3.8) is 0 Å². The van der Waals surface area contributed by atoms with Crippen LogP contribution in [-0.2, 0) is 16.0 Å². The van der Waals surface area contributed by atoms with E-state index in [9.17, 15) is 9.59 Å². The zero-order valence-corrected chi connectivity index (χ0v) is 16.2. The van der Waals surface area contributed by atoms with Gasteiger partial charge in [-0.2, -0.15) is 0 Å². The lowest BCUT2D eigenvalue weighted by molar-refractivity contribution is -0.128. The molecule has 0 unspecified atom stereocenters. The van der Waals surface area contributed by atoms with Crippen LogP contribution in [0.15, 0.2) is 48.5 Å². The third kappa shape index (κ3) is 6.35. The second-order valence-electron chi connectivity index (χ2n) is 5.77. The van der Waals surface area contributed by atoms with Crippen LogP contribution < -0.4 is 25.1 Å². The quantitative estimate of drug-likeness (QED) is 0.540. The molecule has 2 N–H and O–H groups in total. The van der Waals surface area contributed by atoms with Gasteiger partial charge in [-0.25, -0.2) is 0 Å². The number of amides is 2. The number of carbonyl (C=O) groups is 2. The van der Waals surface area contributed by atoms with Crippen LogP contribution in [0.25, 0.3) is 6.08 Å². The SMILES string of the molecule is CCc1ccc(OCC(=O)NNC(=O)/C=C/c2ccc(OC)c(OC)c2)cc1. The normalized spacial score (nSPS) is 10.4. The number of hydrazine groups is 1. The van der Waals surface area contributed by atoms with Crippen LogP contribution in [0, 0.1) is 0 Å². The van der Waals surface area contributed by atoms with Gasteiger partial charge in [0.15, 0.2) is 18.1 Å². The summed E-state index contributed by atoms with van der Waals surface area (Å²) in [5.74, 6) is 0.804. The van der Waals surface area contributed by atoms with Crippen molar-refractivity contribution in [2.75, 3.05) is 20.8 Å². The van der Waals surface area contributed by atoms with Gasteiger partial charge in [-0.15, -0.1) is 0 Å². The minimum absolute atomic E-state index is 0.203. The third-order valence-corrected chi connectivity index (χ3v) is 3.86. The summed E-state index contributed by atoms with van der Waals surface area (Å²) in [6.45, 7) is 1.86. The molecule has 2 aromatic carbocycles. The number of aryl methyl sites for hydroxylation is 1. The molecule has 0 saturated heterocycles. The number of ether oxygens (including phenoxy) is 3. The highest BCUT2D eigenvalue weighted by Crippen LogP contribution is 2.27. The molecule has 0 aromatic heterocycles. The van der Waals surface area contributed by atoms with E-state index in [1.807, 2.05) is 12.1 Å². The second kappa shape index (κ2) is 10.6. The van der Waals surface area contributed by atoms with Gasteiger partial charge in [0.2, 0.25) is 0 Å². The molecule has 0 atom stereocenters. The summed E-state index contributed by atoms with van der Waals surface area (Å²) >= 11 is 0. The Balaban J connectivity index is 1.78. The van der Waals surface area contributed by atoms with Gasteiger partial charge in [-0.05, 0) is 47.9 Å². The summed E-state index contributed by atoms with van der Waals surface area (Å²) in [7, 11) is 3.08. The Morgan fingerprint density at radius 2 is 1.68 bits per heavy atom. The first kappa shape index (κ1) is 20.8. The van der Waals surface area contributed by atoms with Crippen LogP contribution in [0.5, 0.6) is 17.2 Å². The molecule has 7 nitrogen and oxygen atoms in total. The van der Waals surface area contributed by atoms with Crippen molar-refractivity contribution in [2.24, 2.45) is 0 Å². The fourth-order valence-electron chi connectivity index (χ4n) is 2.31. The molecule has 2 amide bonds. The zero-order valence-electron chi connectivity index (χ0n) is 16.2. The number of hydrogen-bond donors (Lipinski definition) is 2. The molecule has 0 saturated carbocycles. The third-order valence-electron chi connectivity index (χ3n) is 3.86. The van der Waals surface area contributed by atoms with Crippen LogP contribution in [-0.4, -0.2) is 32.6 Å². The van der Waals surface area contributed by atoms with Gasteiger partial charge in [0.1, 0.15) is 5.75 Å². The molecular formula is C21H24N2O5. The van der Waals surface area contributed by atoms with Crippen LogP contribution in [0.3, 0.4) is 0 Å². The van der Waals surface area contributed by atoms with E-state index in [1.165, 1.54) is 18.7 Å². The maximum absolute atomic E-state index is 11.8. The first-order chi connectivity index (χ1) is 13.5. The Labute approximate surface area is 164 Å².